The molecule has 16 heavy (non-hydrogen) atoms. The second-order valence-electron chi connectivity index (χ2n) is 5.61. The molecule has 0 aromatic carbocycles. The van der Waals surface area contributed by atoms with E-state index in [-0.39, 0.29) is 12.6 Å². The molecule has 1 aliphatic rings. The zero-order chi connectivity index (χ0) is 12.0. The first-order valence-corrected chi connectivity index (χ1v) is 7.06. The van der Waals surface area contributed by atoms with E-state index >= 15 is 0 Å². The second kappa shape index (κ2) is 7.29. The van der Waals surface area contributed by atoms with Gasteiger partial charge in [0.2, 0.25) is 0 Å². The van der Waals surface area contributed by atoms with Crippen LogP contribution in [0, 0.1) is 11.8 Å². The third kappa shape index (κ3) is 4.06. The lowest BCUT2D eigenvalue weighted by atomic mass is 9.82. The van der Waals surface area contributed by atoms with Gasteiger partial charge in [-0.15, -0.1) is 0 Å². The number of aliphatic hydroxyl groups is 1. The molecule has 0 radical (unpaired) electrons. The molecule has 1 aliphatic carbocycles. The molecular formula is C14H29NO. The Morgan fingerprint density at radius 1 is 1.19 bits per heavy atom. The highest BCUT2D eigenvalue weighted by Gasteiger charge is 2.25. The standard InChI is InChI=1S/C14H29NO/c1-4-13(12-8-6-5-7-9-12)15-14(10-16)11(2)3/h11-16H,4-10H2,1-3H3/t13?,14-/m1/s1. The molecule has 0 amide bonds. The molecule has 0 aromatic rings. The molecule has 2 nitrogen and oxygen atoms in total. The van der Waals surface area contributed by atoms with Gasteiger partial charge in [0.25, 0.3) is 0 Å². The van der Waals surface area contributed by atoms with Crippen molar-refractivity contribution in [1.82, 2.24) is 5.32 Å². The lowest BCUT2D eigenvalue weighted by Gasteiger charge is -2.34. The van der Waals surface area contributed by atoms with Gasteiger partial charge in [-0.05, 0) is 31.1 Å². The molecule has 0 heterocycles. The molecule has 2 N–H and O–H groups in total. The SMILES string of the molecule is CCC(N[C@H](CO)C(C)C)C1CCCCC1. The summed E-state index contributed by atoms with van der Waals surface area (Å²) in [5, 5.41) is 13.0. The Hall–Kier alpha value is -0.0800. The van der Waals surface area contributed by atoms with E-state index in [0.717, 1.165) is 5.92 Å². The third-order valence-electron chi connectivity index (χ3n) is 4.09. The van der Waals surface area contributed by atoms with Crippen LogP contribution < -0.4 is 5.32 Å². The van der Waals surface area contributed by atoms with Gasteiger partial charge in [0.1, 0.15) is 0 Å². The van der Waals surface area contributed by atoms with E-state index in [9.17, 15) is 5.11 Å². The van der Waals surface area contributed by atoms with Gasteiger partial charge in [0, 0.05) is 12.1 Å². The summed E-state index contributed by atoms with van der Waals surface area (Å²) in [5.74, 6) is 1.36. The van der Waals surface area contributed by atoms with Crippen molar-refractivity contribution >= 4 is 0 Å². The molecule has 96 valence electrons. The van der Waals surface area contributed by atoms with Crippen molar-refractivity contribution in [2.45, 2.75) is 71.4 Å². The van der Waals surface area contributed by atoms with Crippen molar-refractivity contribution in [2.24, 2.45) is 11.8 Å². The second-order valence-corrected chi connectivity index (χ2v) is 5.61. The van der Waals surface area contributed by atoms with Crippen molar-refractivity contribution < 1.29 is 5.11 Å². The van der Waals surface area contributed by atoms with E-state index in [1.165, 1.54) is 38.5 Å². The molecule has 0 saturated heterocycles. The average molecular weight is 227 g/mol. The largest absolute Gasteiger partial charge is 0.395 e. The maximum Gasteiger partial charge on any atom is 0.0587 e. The molecule has 1 saturated carbocycles. The summed E-state index contributed by atoms with van der Waals surface area (Å²) in [6.45, 7) is 6.89. The highest BCUT2D eigenvalue weighted by molar-refractivity contribution is 4.82. The minimum absolute atomic E-state index is 0.265. The van der Waals surface area contributed by atoms with Crippen LogP contribution in [-0.4, -0.2) is 23.8 Å². The summed E-state index contributed by atoms with van der Waals surface area (Å²) < 4.78 is 0. The molecule has 0 aliphatic heterocycles. The fourth-order valence-corrected chi connectivity index (χ4v) is 2.85. The Morgan fingerprint density at radius 3 is 2.25 bits per heavy atom. The van der Waals surface area contributed by atoms with Gasteiger partial charge in [-0.3, -0.25) is 0 Å². The minimum Gasteiger partial charge on any atom is -0.395 e. The Bertz CT molecular complexity index is 176. The van der Waals surface area contributed by atoms with Gasteiger partial charge in [-0.1, -0.05) is 40.0 Å². The summed E-state index contributed by atoms with van der Waals surface area (Å²) in [6, 6.07) is 0.881. The van der Waals surface area contributed by atoms with Crippen LogP contribution in [0.4, 0.5) is 0 Å². The third-order valence-corrected chi connectivity index (χ3v) is 4.09. The minimum atomic E-state index is 0.265. The van der Waals surface area contributed by atoms with Crippen LogP contribution in [0.5, 0.6) is 0 Å². The van der Waals surface area contributed by atoms with Gasteiger partial charge in [-0.2, -0.15) is 0 Å². The van der Waals surface area contributed by atoms with E-state index in [0.29, 0.717) is 12.0 Å². The van der Waals surface area contributed by atoms with E-state index in [2.05, 4.69) is 26.1 Å². The summed E-state index contributed by atoms with van der Waals surface area (Å²) in [7, 11) is 0. The Balaban J connectivity index is 2.45. The van der Waals surface area contributed by atoms with Gasteiger partial charge >= 0.3 is 0 Å². The average Bonchev–Trinajstić information content (AvgIpc) is 2.31. The van der Waals surface area contributed by atoms with Crippen LogP contribution in [0.2, 0.25) is 0 Å². The maximum absolute atomic E-state index is 9.38. The molecule has 1 unspecified atom stereocenters. The predicted molar refractivity (Wildman–Crippen MR) is 69.5 cm³/mol. The van der Waals surface area contributed by atoms with Crippen molar-refractivity contribution in [1.29, 1.82) is 0 Å². The molecule has 1 fully saturated rings. The molecule has 0 aromatic heterocycles. The fraction of sp³-hybridized carbons (Fsp3) is 1.00. The normalized spacial score (nSPS) is 22.3. The number of hydrogen-bond donors (Lipinski definition) is 2. The Morgan fingerprint density at radius 2 is 1.81 bits per heavy atom. The zero-order valence-corrected chi connectivity index (χ0v) is 11.2. The number of aliphatic hydroxyl groups excluding tert-OH is 1. The summed E-state index contributed by atoms with van der Waals surface area (Å²) >= 11 is 0. The molecular weight excluding hydrogens is 198 g/mol. The number of nitrogens with one attached hydrogen (secondary N) is 1. The lowest BCUT2D eigenvalue weighted by Crippen LogP contribution is -2.47. The van der Waals surface area contributed by atoms with Crippen LogP contribution >= 0.6 is 0 Å². The molecule has 0 spiro atoms. The Labute approximate surface area is 101 Å². The predicted octanol–water partition coefficient (Wildman–Crippen LogP) is 2.95. The molecule has 0 bridgehead atoms. The summed E-state index contributed by atoms with van der Waals surface area (Å²) in [4.78, 5) is 0. The molecule has 1 rings (SSSR count). The van der Waals surface area contributed by atoms with Crippen LogP contribution in [0.1, 0.15) is 59.3 Å². The highest BCUT2D eigenvalue weighted by atomic mass is 16.3. The van der Waals surface area contributed by atoms with Crippen LogP contribution in [0.15, 0.2) is 0 Å². The number of rotatable bonds is 6. The topological polar surface area (TPSA) is 32.3 Å². The summed E-state index contributed by atoms with van der Waals surface area (Å²) in [6.07, 6.45) is 8.15. The monoisotopic (exact) mass is 227 g/mol. The Kier molecular flexibility index (Phi) is 6.37. The van der Waals surface area contributed by atoms with Crippen molar-refractivity contribution in [3.8, 4) is 0 Å². The smallest absolute Gasteiger partial charge is 0.0587 e. The van der Waals surface area contributed by atoms with Crippen LogP contribution in [0.25, 0.3) is 0 Å². The zero-order valence-electron chi connectivity index (χ0n) is 11.2. The first kappa shape index (κ1) is 14.0. The van der Waals surface area contributed by atoms with E-state index < -0.39 is 0 Å². The lowest BCUT2D eigenvalue weighted by molar-refractivity contribution is 0.168. The molecule has 2 atom stereocenters. The van der Waals surface area contributed by atoms with Crippen molar-refractivity contribution in [2.75, 3.05) is 6.61 Å². The quantitative estimate of drug-likeness (QED) is 0.731. The van der Waals surface area contributed by atoms with Crippen molar-refractivity contribution in [3.05, 3.63) is 0 Å². The van der Waals surface area contributed by atoms with E-state index in [1.54, 1.807) is 0 Å². The van der Waals surface area contributed by atoms with Gasteiger partial charge in [0.05, 0.1) is 6.61 Å². The van der Waals surface area contributed by atoms with E-state index in [1.807, 2.05) is 0 Å². The number of hydrogen-bond acceptors (Lipinski definition) is 2. The maximum atomic E-state index is 9.38. The molecule has 2 heteroatoms. The summed E-state index contributed by atoms with van der Waals surface area (Å²) in [5.41, 5.74) is 0. The fourth-order valence-electron chi connectivity index (χ4n) is 2.85. The van der Waals surface area contributed by atoms with Crippen LogP contribution in [-0.2, 0) is 0 Å². The van der Waals surface area contributed by atoms with Gasteiger partial charge in [0.15, 0.2) is 0 Å². The van der Waals surface area contributed by atoms with E-state index in [4.69, 9.17) is 0 Å². The first-order valence-electron chi connectivity index (χ1n) is 7.06. The highest BCUT2D eigenvalue weighted by Crippen LogP contribution is 2.28. The van der Waals surface area contributed by atoms with Gasteiger partial charge in [-0.25, -0.2) is 0 Å². The van der Waals surface area contributed by atoms with Crippen LogP contribution in [0.3, 0.4) is 0 Å². The van der Waals surface area contributed by atoms with Gasteiger partial charge < -0.3 is 10.4 Å². The van der Waals surface area contributed by atoms with Crippen molar-refractivity contribution in [3.63, 3.8) is 0 Å². The first-order chi connectivity index (χ1) is 7.69.